The number of nitrogens with one attached hydrogen (secondary N) is 1. The molecule has 1 N–H and O–H groups in total. The highest BCUT2D eigenvalue weighted by molar-refractivity contribution is 5.83. The summed E-state index contributed by atoms with van der Waals surface area (Å²) in [6.45, 7) is 6.96. The molecule has 0 saturated heterocycles. The largest absolute Gasteiger partial charge is 0.355 e. The molecule has 0 aliphatic rings. The van der Waals surface area contributed by atoms with Crippen LogP contribution in [-0.4, -0.2) is 43.8 Å². The van der Waals surface area contributed by atoms with Crippen molar-refractivity contribution >= 4 is 11.7 Å². The summed E-state index contributed by atoms with van der Waals surface area (Å²) in [7, 11) is 3.89. The highest BCUT2D eigenvalue weighted by Gasteiger charge is 2.02. The molecule has 0 aromatic rings. The van der Waals surface area contributed by atoms with Crippen molar-refractivity contribution in [2.24, 2.45) is 0 Å². The molecule has 90 valence electrons. The van der Waals surface area contributed by atoms with Crippen molar-refractivity contribution in [2.75, 3.05) is 27.2 Å². The van der Waals surface area contributed by atoms with E-state index in [1.165, 1.54) is 6.92 Å². The molecule has 4 nitrogen and oxygen atoms in total. The first kappa shape index (κ1) is 16.5. The quantitative estimate of drug-likeness (QED) is 0.722. The summed E-state index contributed by atoms with van der Waals surface area (Å²) in [6.07, 6.45) is 0.649. The fourth-order valence-corrected chi connectivity index (χ4v) is 0.797. The van der Waals surface area contributed by atoms with Crippen LogP contribution in [0.5, 0.6) is 0 Å². The Morgan fingerprint density at radius 1 is 1.13 bits per heavy atom. The van der Waals surface area contributed by atoms with Gasteiger partial charge in [-0.1, -0.05) is 13.8 Å². The monoisotopic (exact) mass is 216 g/mol. The molecule has 0 aromatic carbocycles. The molecular formula is C11H24N2O2. The first-order chi connectivity index (χ1) is 7.02. The van der Waals surface area contributed by atoms with Crippen LogP contribution in [-0.2, 0) is 9.59 Å². The van der Waals surface area contributed by atoms with Crippen molar-refractivity contribution in [3.8, 4) is 0 Å². The van der Waals surface area contributed by atoms with Crippen LogP contribution in [0, 0.1) is 0 Å². The van der Waals surface area contributed by atoms with Crippen molar-refractivity contribution in [3.63, 3.8) is 0 Å². The van der Waals surface area contributed by atoms with Crippen LogP contribution in [0.3, 0.4) is 0 Å². The summed E-state index contributed by atoms with van der Waals surface area (Å²) in [6, 6.07) is 0. The van der Waals surface area contributed by atoms with Gasteiger partial charge in [-0.25, -0.2) is 0 Å². The second-order valence-electron chi connectivity index (χ2n) is 3.36. The summed E-state index contributed by atoms with van der Waals surface area (Å²) >= 11 is 0. The number of hydrogen-bond acceptors (Lipinski definition) is 3. The number of likely N-dealkylation sites (N-methyl/N-ethyl adjacent to an activating group) is 1. The van der Waals surface area contributed by atoms with E-state index in [2.05, 4.69) is 5.32 Å². The number of carbonyl (C=O) groups excluding carboxylic acids is 2. The van der Waals surface area contributed by atoms with Gasteiger partial charge in [0.15, 0.2) is 0 Å². The smallest absolute Gasteiger partial charge is 0.220 e. The molecule has 15 heavy (non-hydrogen) atoms. The van der Waals surface area contributed by atoms with Crippen LogP contribution in [0.2, 0.25) is 0 Å². The first-order valence-electron chi connectivity index (χ1n) is 5.43. The molecule has 0 aliphatic carbocycles. The third-order valence-corrected chi connectivity index (χ3v) is 1.59. The molecule has 0 heterocycles. The van der Waals surface area contributed by atoms with E-state index in [-0.39, 0.29) is 11.7 Å². The Kier molecular flexibility index (Phi) is 12.3. The lowest BCUT2D eigenvalue weighted by Gasteiger charge is -2.09. The molecule has 0 atom stereocenters. The van der Waals surface area contributed by atoms with Crippen molar-refractivity contribution in [3.05, 3.63) is 0 Å². The molecule has 0 rings (SSSR count). The van der Waals surface area contributed by atoms with E-state index in [1.807, 2.05) is 32.8 Å². The maximum Gasteiger partial charge on any atom is 0.220 e. The van der Waals surface area contributed by atoms with Gasteiger partial charge in [-0.2, -0.15) is 0 Å². The SMILES string of the molecule is CC.CC(=O)CCC(=O)NCCN(C)C. The fourth-order valence-electron chi connectivity index (χ4n) is 0.797. The van der Waals surface area contributed by atoms with Crippen molar-refractivity contribution in [1.82, 2.24) is 10.2 Å². The molecule has 4 heteroatoms. The minimum atomic E-state index is -0.0444. The number of carbonyl (C=O) groups is 2. The van der Waals surface area contributed by atoms with Gasteiger partial charge in [-0.15, -0.1) is 0 Å². The van der Waals surface area contributed by atoms with E-state index in [0.717, 1.165) is 6.54 Å². The average molecular weight is 216 g/mol. The van der Waals surface area contributed by atoms with Crippen molar-refractivity contribution in [1.29, 1.82) is 0 Å². The van der Waals surface area contributed by atoms with Gasteiger partial charge in [0.1, 0.15) is 5.78 Å². The van der Waals surface area contributed by atoms with E-state index in [9.17, 15) is 9.59 Å². The van der Waals surface area contributed by atoms with Crippen LogP contribution in [0.15, 0.2) is 0 Å². The van der Waals surface area contributed by atoms with Crippen LogP contribution >= 0.6 is 0 Å². The molecule has 0 saturated carbocycles. The summed E-state index contributed by atoms with van der Waals surface area (Å²) in [4.78, 5) is 23.6. The van der Waals surface area contributed by atoms with Crippen LogP contribution in [0.1, 0.15) is 33.6 Å². The van der Waals surface area contributed by atoms with Gasteiger partial charge in [0, 0.05) is 25.9 Å². The Hall–Kier alpha value is -0.900. The highest BCUT2D eigenvalue weighted by Crippen LogP contribution is 1.89. The zero-order valence-corrected chi connectivity index (χ0v) is 10.6. The standard InChI is InChI=1S/C9H18N2O2.C2H6/c1-8(12)4-5-9(13)10-6-7-11(2)3;1-2/h4-7H2,1-3H3,(H,10,13);1-2H3. The molecule has 0 aromatic heterocycles. The predicted octanol–water partition coefficient (Wildman–Crippen LogP) is 1.06. The molecule has 0 bridgehead atoms. The zero-order valence-electron chi connectivity index (χ0n) is 10.6. The minimum absolute atomic E-state index is 0.0444. The second-order valence-corrected chi connectivity index (χ2v) is 3.36. The maximum atomic E-state index is 11.0. The first-order valence-corrected chi connectivity index (χ1v) is 5.43. The van der Waals surface area contributed by atoms with Crippen molar-refractivity contribution < 1.29 is 9.59 Å². The van der Waals surface area contributed by atoms with E-state index >= 15 is 0 Å². The molecule has 0 aliphatic heterocycles. The van der Waals surface area contributed by atoms with Gasteiger partial charge in [-0.3, -0.25) is 4.79 Å². The number of amides is 1. The summed E-state index contributed by atoms with van der Waals surface area (Å²) in [5, 5.41) is 2.74. The topological polar surface area (TPSA) is 49.4 Å². The van der Waals surface area contributed by atoms with Gasteiger partial charge in [0.05, 0.1) is 0 Å². The molecule has 0 radical (unpaired) electrons. The Bertz CT molecular complexity index is 179. The predicted molar refractivity (Wildman–Crippen MR) is 62.8 cm³/mol. The highest BCUT2D eigenvalue weighted by atomic mass is 16.2. The summed E-state index contributed by atoms with van der Waals surface area (Å²) in [5.74, 6) is 0.0137. The Morgan fingerprint density at radius 2 is 1.67 bits per heavy atom. The Morgan fingerprint density at radius 3 is 2.07 bits per heavy atom. The lowest BCUT2D eigenvalue weighted by Crippen LogP contribution is -2.31. The molecule has 0 spiro atoms. The van der Waals surface area contributed by atoms with Gasteiger partial charge in [-0.05, 0) is 21.0 Å². The molecular weight excluding hydrogens is 192 g/mol. The maximum absolute atomic E-state index is 11.0. The number of ketones is 1. The number of rotatable bonds is 6. The minimum Gasteiger partial charge on any atom is -0.355 e. The van der Waals surface area contributed by atoms with Crippen LogP contribution < -0.4 is 5.32 Å². The van der Waals surface area contributed by atoms with Gasteiger partial charge >= 0.3 is 0 Å². The van der Waals surface area contributed by atoms with Crippen LogP contribution in [0.4, 0.5) is 0 Å². The lowest BCUT2D eigenvalue weighted by atomic mass is 10.2. The number of hydrogen-bond donors (Lipinski definition) is 1. The van der Waals surface area contributed by atoms with E-state index in [1.54, 1.807) is 0 Å². The van der Waals surface area contributed by atoms with Gasteiger partial charge in [0.2, 0.25) is 5.91 Å². The molecule has 0 fully saturated rings. The van der Waals surface area contributed by atoms with Crippen LogP contribution in [0.25, 0.3) is 0 Å². The molecule has 1 amide bonds. The molecule has 0 unspecified atom stereocenters. The summed E-state index contributed by atoms with van der Waals surface area (Å²) < 4.78 is 0. The third-order valence-electron chi connectivity index (χ3n) is 1.59. The number of Topliss-reactive ketones (excluding diaryl/α,β-unsaturated/α-hetero) is 1. The fraction of sp³-hybridized carbons (Fsp3) is 0.818. The number of nitrogens with zero attached hydrogens (tertiary/aromatic N) is 1. The van der Waals surface area contributed by atoms with Crippen molar-refractivity contribution in [2.45, 2.75) is 33.6 Å². The van der Waals surface area contributed by atoms with E-state index in [0.29, 0.717) is 19.4 Å². The third kappa shape index (κ3) is 15.8. The van der Waals surface area contributed by atoms with Gasteiger partial charge in [0.25, 0.3) is 0 Å². The van der Waals surface area contributed by atoms with E-state index < -0.39 is 0 Å². The Balaban J connectivity index is 0. The second kappa shape index (κ2) is 11.2. The normalized spacial score (nSPS) is 9.20. The summed E-state index contributed by atoms with van der Waals surface area (Å²) in [5.41, 5.74) is 0. The Labute approximate surface area is 93.0 Å². The lowest BCUT2D eigenvalue weighted by molar-refractivity contribution is -0.124. The average Bonchev–Trinajstić information content (AvgIpc) is 2.17. The van der Waals surface area contributed by atoms with Gasteiger partial charge < -0.3 is 15.0 Å². The van der Waals surface area contributed by atoms with E-state index in [4.69, 9.17) is 0 Å². The zero-order chi connectivity index (χ0) is 12.3.